The molecule has 0 spiro atoms. The summed E-state index contributed by atoms with van der Waals surface area (Å²) in [7, 11) is 1.91. The number of amides is 1. The van der Waals surface area contributed by atoms with Crippen LogP contribution in [0.5, 0.6) is 0 Å². The first-order valence-electron chi connectivity index (χ1n) is 9.23. The Morgan fingerprint density at radius 3 is 2.88 bits per heavy atom. The maximum Gasteiger partial charge on any atom is 0.270 e. The van der Waals surface area contributed by atoms with E-state index in [1.54, 1.807) is 6.20 Å². The summed E-state index contributed by atoms with van der Waals surface area (Å²) in [6, 6.07) is 5.77. The van der Waals surface area contributed by atoms with Gasteiger partial charge in [0.25, 0.3) is 5.91 Å². The minimum atomic E-state index is -0.00836. The molecule has 2 aromatic rings. The van der Waals surface area contributed by atoms with E-state index in [4.69, 9.17) is 4.74 Å². The van der Waals surface area contributed by atoms with E-state index in [-0.39, 0.29) is 12.0 Å². The third kappa shape index (κ3) is 3.49. The zero-order valence-corrected chi connectivity index (χ0v) is 14.8. The van der Waals surface area contributed by atoms with Gasteiger partial charge in [0.05, 0.1) is 24.9 Å². The van der Waals surface area contributed by atoms with Crippen LogP contribution in [-0.2, 0) is 24.9 Å². The highest BCUT2D eigenvalue weighted by Crippen LogP contribution is 2.26. The number of carbonyl (C=O) groups is 1. The average molecular weight is 342 g/mol. The van der Waals surface area contributed by atoms with E-state index >= 15 is 0 Å². The largest absolute Gasteiger partial charge is 0.374 e. The van der Waals surface area contributed by atoms with Crippen LogP contribution in [0.1, 0.15) is 41.9 Å². The van der Waals surface area contributed by atoms with Gasteiger partial charge in [-0.1, -0.05) is 12.8 Å². The summed E-state index contributed by atoms with van der Waals surface area (Å²) < 4.78 is 10.1. The van der Waals surface area contributed by atoms with Crippen LogP contribution in [0.15, 0.2) is 30.6 Å². The summed E-state index contributed by atoms with van der Waals surface area (Å²) in [6.45, 7) is 2.70. The quantitative estimate of drug-likeness (QED) is 0.858. The summed E-state index contributed by atoms with van der Waals surface area (Å²) in [5.41, 5.74) is 1.78. The number of nitrogens with zero attached hydrogens (tertiary/aromatic N) is 4. The van der Waals surface area contributed by atoms with Gasteiger partial charge in [0.2, 0.25) is 0 Å². The first kappa shape index (κ1) is 16.4. The SMILES string of the molecule is Cn1cccc1C(=O)N1Cc2ccnn2C[C@@H](OCC2CCCC2)C1. The van der Waals surface area contributed by atoms with Crippen LogP contribution < -0.4 is 0 Å². The second-order valence-electron chi connectivity index (χ2n) is 7.30. The zero-order valence-electron chi connectivity index (χ0n) is 14.8. The second-order valence-corrected chi connectivity index (χ2v) is 7.30. The van der Waals surface area contributed by atoms with Crippen LogP contribution in [0.25, 0.3) is 0 Å². The number of aryl methyl sites for hydroxylation is 1. The molecule has 0 saturated heterocycles. The van der Waals surface area contributed by atoms with Crippen molar-refractivity contribution in [3.05, 3.63) is 42.0 Å². The molecule has 0 radical (unpaired) electrons. The fraction of sp³-hybridized carbons (Fsp3) is 0.579. The second kappa shape index (κ2) is 7.04. The Kier molecular flexibility index (Phi) is 4.61. The molecule has 1 atom stereocenters. The number of hydrogen-bond acceptors (Lipinski definition) is 3. The minimum Gasteiger partial charge on any atom is -0.374 e. The first-order chi connectivity index (χ1) is 12.2. The Labute approximate surface area is 148 Å². The lowest BCUT2D eigenvalue weighted by atomic mass is 10.1. The van der Waals surface area contributed by atoms with E-state index in [0.717, 1.165) is 12.3 Å². The molecule has 134 valence electrons. The molecular weight excluding hydrogens is 316 g/mol. The Bertz CT molecular complexity index is 729. The van der Waals surface area contributed by atoms with E-state index in [2.05, 4.69) is 5.10 Å². The van der Waals surface area contributed by atoms with Gasteiger partial charge in [0, 0.05) is 32.6 Å². The van der Waals surface area contributed by atoms with Crippen molar-refractivity contribution >= 4 is 5.91 Å². The number of rotatable bonds is 4. The molecule has 6 nitrogen and oxygen atoms in total. The number of ether oxygens (including phenoxy) is 1. The molecule has 1 saturated carbocycles. The van der Waals surface area contributed by atoms with Gasteiger partial charge in [-0.25, -0.2) is 0 Å². The molecule has 2 aliphatic rings. The van der Waals surface area contributed by atoms with E-state index < -0.39 is 0 Å². The summed E-state index contributed by atoms with van der Waals surface area (Å²) >= 11 is 0. The Morgan fingerprint density at radius 2 is 2.12 bits per heavy atom. The molecule has 25 heavy (non-hydrogen) atoms. The normalized spacial score (nSPS) is 21.3. The van der Waals surface area contributed by atoms with E-state index in [1.807, 2.05) is 45.6 Å². The summed E-state index contributed by atoms with van der Waals surface area (Å²) in [6.07, 6.45) is 8.88. The molecule has 3 heterocycles. The molecule has 0 N–H and O–H groups in total. The van der Waals surface area contributed by atoms with Gasteiger partial charge < -0.3 is 14.2 Å². The molecule has 1 amide bonds. The van der Waals surface area contributed by atoms with Gasteiger partial charge in [-0.3, -0.25) is 9.48 Å². The van der Waals surface area contributed by atoms with Gasteiger partial charge in [-0.15, -0.1) is 0 Å². The van der Waals surface area contributed by atoms with Crippen molar-refractivity contribution in [3.8, 4) is 0 Å². The van der Waals surface area contributed by atoms with Gasteiger partial charge in [0.1, 0.15) is 5.69 Å². The fourth-order valence-electron chi connectivity index (χ4n) is 3.97. The lowest BCUT2D eigenvalue weighted by Crippen LogP contribution is -2.38. The van der Waals surface area contributed by atoms with Crippen molar-refractivity contribution in [2.75, 3.05) is 13.2 Å². The third-order valence-electron chi connectivity index (χ3n) is 5.45. The van der Waals surface area contributed by atoms with Gasteiger partial charge in [0.15, 0.2) is 0 Å². The molecule has 2 aromatic heterocycles. The monoisotopic (exact) mass is 342 g/mol. The van der Waals surface area contributed by atoms with Crippen molar-refractivity contribution in [2.45, 2.75) is 44.9 Å². The van der Waals surface area contributed by atoms with E-state index in [1.165, 1.54) is 25.7 Å². The molecule has 1 fully saturated rings. The van der Waals surface area contributed by atoms with Crippen LogP contribution in [0.3, 0.4) is 0 Å². The van der Waals surface area contributed by atoms with Crippen LogP contribution in [0, 0.1) is 5.92 Å². The van der Waals surface area contributed by atoms with E-state index in [0.29, 0.717) is 31.2 Å². The topological polar surface area (TPSA) is 52.3 Å². The first-order valence-corrected chi connectivity index (χ1v) is 9.23. The number of hydrogen-bond donors (Lipinski definition) is 0. The smallest absolute Gasteiger partial charge is 0.270 e. The zero-order chi connectivity index (χ0) is 17.2. The van der Waals surface area contributed by atoms with Crippen molar-refractivity contribution in [2.24, 2.45) is 13.0 Å². The van der Waals surface area contributed by atoms with Gasteiger partial charge in [-0.05, 0) is 37.0 Å². The highest BCUT2D eigenvalue weighted by Gasteiger charge is 2.28. The fourth-order valence-corrected chi connectivity index (χ4v) is 3.97. The number of carbonyl (C=O) groups excluding carboxylic acids is 1. The Balaban J connectivity index is 1.50. The molecule has 0 bridgehead atoms. The maximum absolute atomic E-state index is 13.0. The van der Waals surface area contributed by atoms with Crippen LogP contribution in [-0.4, -0.2) is 44.4 Å². The molecular formula is C19H26N4O2. The van der Waals surface area contributed by atoms with E-state index in [9.17, 15) is 4.79 Å². The Hall–Kier alpha value is -2.08. The lowest BCUT2D eigenvalue weighted by molar-refractivity contribution is 0.00271. The maximum atomic E-state index is 13.0. The number of fused-ring (bicyclic) bond motifs is 1. The predicted octanol–water partition coefficient (Wildman–Crippen LogP) is 2.45. The van der Waals surface area contributed by atoms with Gasteiger partial charge >= 0.3 is 0 Å². The molecule has 4 rings (SSSR count). The van der Waals surface area contributed by atoms with Crippen molar-refractivity contribution < 1.29 is 9.53 Å². The summed E-state index contributed by atoms with van der Waals surface area (Å²) in [4.78, 5) is 14.9. The Morgan fingerprint density at radius 1 is 1.28 bits per heavy atom. The highest BCUT2D eigenvalue weighted by molar-refractivity contribution is 5.92. The molecule has 0 aromatic carbocycles. The van der Waals surface area contributed by atoms with Crippen LogP contribution in [0.2, 0.25) is 0 Å². The summed E-state index contributed by atoms with van der Waals surface area (Å²) in [5.74, 6) is 0.731. The standard InChI is InChI=1S/C19H26N4O2/c1-21-10-4-7-18(21)19(24)22-11-16-8-9-20-23(16)13-17(12-22)25-14-15-5-2-3-6-15/h4,7-10,15,17H,2-3,5-6,11-14H2,1H3/t17-/m0/s1. The molecule has 1 aliphatic heterocycles. The molecule has 6 heteroatoms. The van der Waals surface area contributed by atoms with Crippen LogP contribution >= 0.6 is 0 Å². The predicted molar refractivity (Wildman–Crippen MR) is 94.1 cm³/mol. The average Bonchev–Trinajstić information content (AvgIpc) is 3.33. The van der Waals surface area contributed by atoms with Crippen molar-refractivity contribution in [1.29, 1.82) is 0 Å². The number of aromatic nitrogens is 3. The third-order valence-corrected chi connectivity index (χ3v) is 5.45. The molecule has 1 aliphatic carbocycles. The lowest BCUT2D eigenvalue weighted by Gasteiger charge is -2.25. The van der Waals surface area contributed by atoms with Crippen molar-refractivity contribution in [3.63, 3.8) is 0 Å². The van der Waals surface area contributed by atoms with Crippen molar-refractivity contribution in [1.82, 2.24) is 19.2 Å². The highest BCUT2D eigenvalue weighted by atomic mass is 16.5. The van der Waals surface area contributed by atoms with Crippen LogP contribution in [0.4, 0.5) is 0 Å². The minimum absolute atomic E-state index is 0.00836. The molecule has 0 unspecified atom stereocenters. The van der Waals surface area contributed by atoms with Gasteiger partial charge in [-0.2, -0.15) is 5.10 Å². The summed E-state index contributed by atoms with van der Waals surface area (Å²) in [5, 5.41) is 4.41.